The SMILES string of the molecule is N=C(N)CC1(CN2CCN(c3ncccn3)CC2)CC1. The monoisotopic (exact) mass is 274 g/mol. The number of hydrogen-bond acceptors (Lipinski definition) is 5. The van der Waals surface area contributed by atoms with Crippen LogP contribution in [0.25, 0.3) is 0 Å². The highest BCUT2D eigenvalue weighted by atomic mass is 15.3. The van der Waals surface area contributed by atoms with Gasteiger partial charge in [0.05, 0.1) is 5.84 Å². The summed E-state index contributed by atoms with van der Waals surface area (Å²) in [5.74, 6) is 1.16. The lowest BCUT2D eigenvalue weighted by Crippen LogP contribution is -2.48. The quantitative estimate of drug-likeness (QED) is 0.610. The number of anilines is 1. The third-order valence-electron chi connectivity index (χ3n) is 4.29. The molecular weight excluding hydrogens is 252 g/mol. The summed E-state index contributed by atoms with van der Waals surface area (Å²) >= 11 is 0. The lowest BCUT2D eigenvalue weighted by molar-refractivity contribution is 0.210. The van der Waals surface area contributed by atoms with Gasteiger partial charge in [-0.05, 0) is 24.3 Å². The Bertz CT molecular complexity index is 462. The van der Waals surface area contributed by atoms with Gasteiger partial charge < -0.3 is 10.6 Å². The number of nitrogens with one attached hydrogen (secondary N) is 1. The molecular formula is C14H22N6. The van der Waals surface area contributed by atoms with Gasteiger partial charge in [-0.1, -0.05) is 0 Å². The average Bonchev–Trinajstić information content (AvgIpc) is 3.19. The van der Waals surface area contributed by atoms with Crippen molar-refractivity contribution < 1.29 is 0 Å². The summed E-state index contributed by atoms with van der Waals surface area (Å²) in [6.07, 6.45) is 6.78. The highest BCUT2D eigenvalue weighted by molar-refractivity contribution is 5.78. The maximum Gasteiger partial charge on any atom is 0.225 e. The summed E-state index contributed by atoms with van der Waals surface area (Å²) in [6.45, 7) is 5.10. The smallest absolute Gasteiger partial charge is 0.225 e. The lowest BCUT2D eigenvalue weighted by Gasteiger charge is -2.36. The van der Waals surface area contributed by atoms with E-state index in [4.69, 9.17) is 11.1 Å². The van der Waals surface area contributed by atoms with Crippen LogP contribution in [-0.4, -0.2) is 53.4 Å². The molecule has 108 valence electrons. The predicted molar refractivity (Wildman–Crippen MR) is 78.9 cm³/mol. The minimum atomic E-state index is 0.303. The van der Waals surface area contributed by atoms with Crippen molar-refractivity contribution in [3.05, 3.63) is 18.5 Å². The molecule has 20 heavy (non-hydrogen) atoms. The van der Waals surface area contributed by atoms with Gasteiger partial charge >= 0.3 is 0 Å². The largest absolute Gasteiger partial charge is 0.388 e. The van der Waals surface area contributed by atoms with Crippen LogP contribution < -0.4 is 10.6 Å². The number of hydrogen-bond donors (Lipinski definition) is 2. The van der Waals surface area contributed by atoms with Crippen LogP contribution in [-0.2, 0) is 0 Å². The molecule has 3 N–H and O–H groups in total. The van der Waals surface area contributed by atoms with Gasteiger partial charge in [-0.25, -0.2) is 9.97 Å². The van der Waals surface area contributed by atoms with E-state index >= 15 is 0 Å². The fraction of sp³-hybridized carbons (Fsp3) is 0.643. The Labute approximate surface area is 119 Å². The lowest BCUT2D eigenvalue weighted by atomic mass is 10.0. The van der Waals surface area contributed by atoms with E-state index in [1.165, 1.54) is 12.8 Å². The number of aromatic nitrogens is 2. The first-order chi connectivity index (χ1) is 9.67. The second-order valence-electron chi connectivity index (χ2n) is 6.01. The molecule has 0 amide bonds. The maximum absolute atomic E-state index is 7.49. The molecule has 0 unspecified atom stereocenters. The molecule has 0 atom stereocenters. The summed E-state index contributed by atoms with van der Waals surface area (Å²) in [4.78, 5) is 13.3. The van der Waals surface area contributed by atoms with E-state index in [0.717, 1.165) is 45.1 Å². The fourth-order valence-corrected chi connectivity index (χ4v) is 3.01. The summed E-state index contributed by atoms with van der Waals surface area (Å²) in [6, 6.07) is 1.85. The Balaban J connectivity index is 1.51. The van der Waals surface area contributed by atoms with Crippen LogP contribution in [0.1, 0.15) is 19.3 Å². The predicted octanol–water partition coefficient (Wildman–Crippen LogP) is 0.705. The Morgan fingerprint density at radius 1 is 1.20 bits per heavy atom. The van der Waals surface area contributed by atoms with Crippen molar-refractivity contribution in [2.75, 3.05) is 37.6 Å². The summed E-state index contributed by atoms with van der Waals surface area (Å²) in [5.41, 5.74) is 5.86. The van der Waals surface area contributed by atoms with E-state index in [0.29, 0.717) is 11.3 Å². The minimum absolute atomic E-state index is 0.303. The zero-order chi connectivity index (χ0) is 14.0. The van der Waals surface area contributed by atoms with Crippen molar-refractivity contribution in [1.29, 1.82) is 5.41 Å². The second-order valence-corrected chi connectivity index (χ2v) is 6.01. The molecule has 1 aromatic heterocycles. The van der Waals surface area contributed by atoms with Crippen LogP contribution in [0.15, 0.2) is 18.5 Å². The first-order valence-electron chi connectivity index (χ1n) is 7.24. The van der Waals surface area contributed by atoms with Gasteiger partial charge in [-0.2, -0.15) is 0 Å². The van der Waals surface area contributed by atoms with Crippen LogP contribution in [0.5, 0.6) is 0 Å². The molecule has 6 heteroatoms. The third-order valence-corrected chi connectivity index (χ3v) is 4.29. The Morgan fingerprint density at radius 2 is 1.85 bits per heavy atom. The first kappa shape index (κ1) is 13.3. The van der Waals surface area contributed by atoms with Crippen LogP contribution in [0.2, 0.25) is 0 Å². The van der Waals surface area contributed by atoms with Crippen molar-refractivity contribution in [2.45, 2.75) is 19.3 Å². The summed E-state index contributed by atoms with van der Waals surface area (Å²) in [7, 11) is 0. The molecule has 1 aliphatic carbocycles. The molecule has 6 nitrogen and oxygen atoms in total. The molecule has 2 heterocycles. The minimum Gasteiger partial charge on any atom is -0.388 e. The average molecular weight is 274 g/mol. The first-order valence-corrected chi connectivity index (χ1v) is 7.24. The van der Waals surface area contributed by atoms with Gasteiger partial charge in [-0.15, -0.1) is 0 Å². The van der Waals surface area contributed by atoms with Gasteiger partial charge in [0.2, 0.25) is 5.95 Å². The molecule has 0 spiro atoms. The van der Waals surface area contributed by atoms with Crippen LogP contribution >= 0.6 is 0 Å². The standard InChI is InChI=1S/C14H22N6/c15-12(16)10-14(2-3-14)11-19-6-8-20(9-7-19)13-17-4-1-5-18-13/h1,4-5H,2-3,6-11H2,(H3,15,16). The number of nitrogens with zero attached hydrogens (tertiary/aromatic N) is 4. The molecule has 1 aliphatic heterocycles. The number of rotatable bonds is 5. The van der Waals surface area contributed by atoms with E-state index in [-0.39, 0.29) is 0 Å². The molecule has 1 aromatic rings. The molecule has 2 aliphatic rings. The van der Waals surface area contributed by atoms with Gasteiger partial charge in [0.25, 0.3) is 0 Å². The maximum atomic E-state index is 7.49. The van der Waals surface area contributed by atoms with Crippen molar-refractivity contribution >= 4 is 11.8 Å². The number of nitrogens with two attached hydrogens (primary N) is 1. The zero-order valence-corrected chi connectivity index (χ0v) is 11.8. The van der Waals surface area contributed by atoms with Crippen LogP contribution in [0.4, 0.5) is 5.95 Å². The highest BCUT2D eigenvalue weighted by Crippen LogP contribution is 2.49. The van der Waals surface area contributed by atoms with Gasteiger partial charge in [-0.3, -0.25) is 10.3 Å². The zero-order valence-electron chi connectivity index (χ0n) is 11.8. The summed E-state index contributed by atoms with van der Waals surface area (Å²) in [5, 5.41) is 7.49. The van der Waals surface area contributed by atoms with E-state index < -0.39 is 0 Å². The van der Waals surface area contributed by atoms with Crippen molar-refractivity contribution in [3.8, 4) is 0 Å². The normalized spacial score (nSPS) is 21.7. The van der Waals surface area contributed by atoms with Crippen LogP contribution in [0.3, 0.4) is 0 Å². The van der Waals surface area contributed by atoms with E-state index in [9.17, 15) is 0 Å². The van der Waals surface area contributed by atoms with Gasteiger partial charge in [0, 0.05) is 51.5 Å². The Morgan fingerprint density at radius 3 is 2.40 bits per heavy atom. The third kappa shape index (κ3) is 3.07. The molecule has 1 saturated carbocycles. The second kappa shape index (κ2) is 5.36. The van der Waals surface area contributed by atoms with Gasteiger partial charge in [0.1, 0.15) is 0 Å². The molecule has 1 saturated heterocycles. The molecule has 3 rings (SSSR count). The van der Waals surface area contributed by atoms with Crippen molar-refractivity contribution in [2.24, 2.45) is 11.1 Å². The van der Waals surface area contributed by atoms with Crippen LogP contribution in [0, 0.1) is 10.8 Å². The highest BCUT2D eigenvalue weighted by Gasteiger charge is 2.44. The van der Waals surface area contributed by atoms with Gasteiger partial charge in [0.15, 0.2) is 0 Å². The summed E-state index contributed by atoms with van der Waals surface area (Å²) < 4.78 is 0. The van der Waals surface area contributed by atoms with Crippen molar-refractivity contribution in [3.63, 3.8) is 0 Å². The van der Waals surface area contributed by atoms with E-state index in [2.05, 4.69) is 19.8 Å². The molecule has 0 aromatic carbocycles. The number of piperazine rings is 1. The molecule has 0 bridgehead atoms. The number of amidine groups is 1. The Hall–Kier alpha value is -1.69. The Kier molecular flexibility index (Phi) is 3.56. The van der Waals surface area contributed by atoms with E-state index in [1.54, 1.807) is 12.4 Å². The van der Waals surface area contributed by atoms with Crippen molar-refractivity contribution in [1.82, 2.24) is 14.9 Å². The molecule has 0 radical (unpaired) electrons. The molecule has 2 fully saturated rings. The fourth-order valence-electron chi connectivity index (χ4n) is 3.01. The van der Waals surface area contributed by atoms with E-state index in [1.807, 2.05) is 6.07 Å². The topological polar surface area (TPSA) is 82.1 Å².